The molecule has 2 heterocycles. The number of nitrogen functional groups attached to an aromatic ring is 1. The summed E-state index contributed by atoms with van der Waals surface area (Å²) in [5.74, 6) is 0. The fourth-order valence-corrected chi connectivity index (χ4v) is 2.07. The van der Waals surface area contributed by atoms with Gasteiger partial charge in [-0.25, -0.2) is 0 Å². The van der Waals surface area contributed by atoms with Crippen molar-refractivity contribution in [1.82, 2.24) is 4.98 Å². The van der Waals surface area contributed by atoms with Crippen molar-refractivity contribution in [2.24, 2.45) is 5.73 Å². The van der Waals surface area contributed by atoms with Crippen LogP contribution in [0.2, 0.25) is 0 Å². The summed E-state index contributed by atoms with van der Waals surface area (Å²) >= 11 is 0. The van der Waals surface area contributed by atoms with Gasteiger partial charge in [-0.1, -0.05) is 0 Å². The van der Waals surface area contributed by atoms with Crippen molar-refractivity contribution in [2.45, 2.75) is 45.8 Å². The lowest BCUT2D eigenvalue weighted by atomic mass is 9.77. The molecule has 1 aromatic rings. The molecule has 0 unspecified atom stereocenters. The quantitative estimate of drug-likeness (QED) is 0.831. The third-order valence-corrected chi connectivity index (χ3v) is 4.30. The second-order valence-electron chi connectivity index (χ2n) is 6.48. The average Bonchev–Trinajstić information content (AvgIpc) is 2.59. The molecule has 1 fully saturated rings. The summed E-state index contributed by atoms with van der Waals surface area (Å²) in [5, 5.41) is 0. The summed E-state index contributed by atoms with van der Waals surface area (Å²) in [6.07, 6.45) is 3.56. The molecule has 2 rings (SSSR count). The third-order valence-electron chi connectivity index (χ3n) is 4.30. The van der Waals surface area contributed by atoms with Crippen molar-refractivity contribution in [3.63, 3.8) is 0 Å². The van der Waals surface area contributed by atoms with Gasteiger partial charge in [0.15, 0.2) is 0 Å². The van der Waals surface area contributed by atoms with E-state index in [-0.39, 0.29) is 11.2 Å². The molecule has 1 saturated heterocycles. The van der Waals surface area contributed by atoms with E-state index in [0.29, 0.717) is 12.2 Å². The molecule has 21 heavy (non-hydrogen) atoms. The van der Waals surface area contributed by atoms with Crippen LogP contribution >= 0.6 is 0 Å². The minimum atomic E-state index is -0.445. The highest BCUT2D eigenvalue weighted by Gasteiger charge is 2.52. The maximum atomic E-state index is 6.02. The highest BCUT2D eigenvalue weighted by atomic mass is 16.7. The van der Waals surface area contributed by atoms with Gasteiger partial charge in [-0.15, -0.1) is 0 Å². The molecule has 0 bridgehead atoms. The molecule has 1 aliphatic heterocycles. The van der Waals surface area contributed by atoms with E-state index in [1.54, 1.807) is 6.20 Å². The van der Waals surface area contributed by atoms with Crippen LogP contribution in [0.4, 0.5) is 5.69 Å². The number of hydrogen-bond donors (Lipinski definition) is 2. The van der Waals surface area contributed by atoms with Crippen LogP contribution in [-0.2, 0) is 9.31 Å². The van der Waals surface area contributed by atoms with Gasteiger partial charge in [0.25, 0.3) is 0 Å². The molecule has 5 nitrogen and oxygen atoms in total. The van der Waals surface area contributed by atoms with E-state index < -0.39 is 7.12 Å². The predicted octanol–water partition coefficient (Wildman–Crippen LogP) is 1.95. The molecular weight excluding hydrogens is 265 g/mol. The Morgan fingerprint density at radius 2 is 1.86 bits per heavy atom. The highest BCUT2D eigenvalue weighted by Crippen LogP contribution is 2.38. The number of rotatable bonds is 3. The number of hydrogen-bond acceptors (Lipinski definition) is 5. The number of nitrogens with two attached hydrogens (primary N) is 2. The van der Waals surface area contributed by atoms with Crippen molar-refractivity contribution in [1.29, 1.82) is 0 Å². The van der Waals surface area contributed by atoms with Crippen LogP contribution in [0.25, 0.3) is 6.08 Å². The molecule has 0 spiro atoms. The zero-order valence-corrected chi connectivity index (χ0v) is 13.4. The lowest BCUT2D eigenvalue weighted by Gasteiger charge is -2.32. The van der Waals surface area contributed by atoms with Gasteiger partial charge in [0.05, 0.1) is 28.8 Å². The van der Waals surface area contributed by atoms with Gasteiger partial charge in [-0.05, 0) is 57.8 Å². The first kappa shape index (κ1) is 16.0. The Labute approximate surface area is 126 Å². The van der Waals surface area contributed by atoms with Crippen LogP contribution < -0.4 is 11.5 Å². The number of anilines is 1. The summed E-state index contributed by atoms with van der Waals surface area (Å²) in [4.78, 5) is 4.30. The van der Waals surface area contributed by atoms with E-state index in [1.807, 2.05) is 46.8 Å². The molecule has 0 aliphatic carbocycles. The smallest absolute Gasteiger partial charge is 0.400 e. The first-order valence-electron chi connectivity index (χ1n) is 7.14. The number of aryl methyl sites for hydroxylation is 1. The second-order valence-corrected chi connectivity index (χ2v) is 6.48. The van der Waals surface area contributed by atoms with Crippen LogP contribution in [0.15, 0.2) is 17.7 Å². The lowest BCUT2D eigenvalue weighted by molar-refractivity contribution is 0.00578. The Morgan fingerprint density at radius 3 is 2.33 bits per heavy atom. The van der Waals surface area contributed by atoms with Crippen LogP contribution in [-0.4, -0.2) is 29.8 Å². The molecule has 4 N–H and O–H groups in total. The van der Waals surface area contributed by atoms with Crippen LogP contribution in [0, 0.1) is 6.92 Å². The van der Waals surface area contributed by atoms with E-state index in [0.717, 1.165) is 16.7 Å². The van der Waals surface area contributed by atoms with E-state index in [4.69, 9.17) is 20.8 Å². The molecule has 6 heteroatoms. The second kappa shape index (κ2) is 5.44. The van der Waals surface area contributed by atoms with Gasteiger partial charge in [-0.2, -0.15) is 0 Å². The minimum absolute atomic E-state index is 0.349. The van der Waals surface area contributed by atoms with Crippen LogP contribution in [0.3, 0.4) is 0 Å². The van der Waals surface area contributed by atoms with Crippen molar-refractivity contribution in [3.05, 3.63) is 29.0 Å². The summed E-state index contributed by atoms with van der Waals surface area (Å²) in [7, 11) is -0.445. The molecule has 1 aliphatic rings. The lowest BCUT2D eigenvalue weighted by Crippen LogP contribution is -2.41. The normalized spacial score (nSPS) is 20.9. The van der Waals surface area contributed by atoms with Crippen LogP contribution in [0.5, 0.6) is 0 Å². The summed E-state index contributed by atoms with van der Waals surface area (Å²) in [6, 6.07) is 1.93. The van der Waals surface area contributed by atoms with E-state index in [9.17, 15) is 0 Å². The van der Waals surface area contributed by atoms with Gasteiger partial charge < -0.3 is 20.8 Å². The Hall–Kier alpha value is -1.37. The van der Waals surface area contributed by atoms with Gasteiger partial charge in [0.1, 0.15) is 0 Å². The highest BCUT2D eigenvalue weighted by molar-refractivity contribution is 6.55. The topological polar surface area (TPSA) is 83.4 Å². The predicted molar refractivity (Wildman–Crippen MR) is 86.5 cm³/mol. The van der Waals surface area contributed by atoms with Crippen molar-refractivity contribution in [3.8, 4) is 0 Å². The Bertz CT molecular complexity index is 554. The molecule has 0 amide bonds. The molecule has 114 valence electrons. The standard InChI is InChI=1S/C15H24BN3O2/c1-10-6-12(19-9-13(10)18)7-11(8-17)16-20-14(2,3)15(4,5)21-16/h6-7,9H,8,17-18H2,1-5H3. The Balaban J connectivity index is 2.28. The molecule has 0 aromatic carbocycles. The summed E-state index contributed by atoms with van der Waals surface area (Å²) in [6.45, 7) is 10.4. The SMILES string of the molecule is Cc1cc(C=C(CN)B2OC(C)(C)C(C)(C)O2)ncc1N. The zero-order valence-electron chi connectivity index (χ0n) is 13.4. The molecule has 0 saturated carbocycles. The van der Waals surface area contributed by atoms with Gasteiger partial charge in [-0.3, -0.25) is 4.98 Å². The van der Waals surface area contributed by atoms with Gasteiger partial charge >= 0.3 is 7.12 Å². The maximum absolute atomic E-state index is 6.02. The van der Waals surface area contributed by atoms with E-state index in [2.05, 4.69) is 4.98 Å². The number of aromatic nitrogens is 1. The first-order valence-corrected chi connectivity index (χ1v) is 7.14. The largest absolute Gasteiger partial charge is 0.491 e. The molecular formula is C15H24BN3O2. The first-order chi connectivity index (χ1) is 9.66. The van der Waals surface area contributed by atoms with E-state index in [1.165, 1.54) is 0 Å². The summed E-state index contributed by atoms with van der Waals surface area (Å²) in [5.41, 5.74) is 14.2. The fraction of sp³-hybridized carbons (Fsp3) is 0.533. The monoisotopic (exact) mass is 289 g/mol. The average molecular weight is 289 g/mol. The van der Waals surface area contributed by atoms with Gasteiger partial charge in [0, 0.05) is 6.54 Å². The number of pyridine rings is 1. The van der Waals surface area contributed by atoms with E-state index >= 15 is 0 Å². The molecule has 0 atom stereocenters. The maximum Gasteiger partial charge on any atom is 0.491 e. The third kappa shape index (κ3) is 3.12. The fourth-order valence-electron chi connectivity index (χ4n) is 2.07. The van der Waals surface area contributed by atoms with Crippen LogP contribution in [0.1, 0.15) is 39.0 Å². The van der Waals surface area contributed by atoms with Gasteiger partial charge in [0.2, 0.25) is 0 Å². The number of nitrogens with zero attached hydrogens (tertiary/aromatic N) is 1. The molecule has 1 aromatic heterocycles. The van der Waals surface area contributed by atoms with Crippen molar-refractivity contribution >= 4 is 18.9 Å². The Morgan fingerprint density at radius 1 is 1.29 bits per heavy atom. The Kier molecular flexibility index (Phi) is 4.15. The van der Waals surface area contributed by atoms with Crippen molar-refractivity contribution in [2.75, 3.05) is 12.3 Å². The zero-order chi connectivity index (χ0) is 15.8. The summed E-state index contributed by atoms with van der Waals surface area (Å²) < 4.78 is 12.0. The minimum Gasteiger partial charge on any atom is -0.400 e. The molecule has 0 radical (unpaired) electrons. The van der Waals surface area contributed by atoms with Crippen molar-refractivity contribution < 1.29 is 9.31 Å².